The molecule has 0 unspecified atom stereocenters. The molecule has 10 heteroatoms. The standard InChI is InChI=1S/C24H28N4O6/c1-3-7-19(29)27-23-16-10-11-18(28(16)26-14-25-23)24(2)22(32)21(31)17(34-24)13-33-20(30)12-15-8-5-4-6-9-15/h4-6,8-11,14,17,21-22,31-32H,3,7,12-13H2,1-2H3,(H,25,26,27,29)/t17-,21-,22-,24+/m1/s1. The first-order valence-electron chi connectivity index (χ1n) is 11.2. The average Bonchev–Trinajstić information content (AvgIpc) is 3.35. The van der Waals surface area contributed by atoms with Crippen molar-refractivity contribution in [1.29, 1.82) is 0 Å². The highest BCUT2D eigenvalue weighted by Gasteiger charge is 2.54. The van der Waals surface area contributed by atoms with Crippen LogP contribution in [0.15, 0.2) is 48.8 Å². The number of benzene rings is 1. The van der Waals surface area contributed by atoms with Crippen LogP contribution in [0.2, 0.25) is 0 Å². The third-order valence-corrected chi connectivity index (χ3v) is 5.96. The Kier molecular flexibility index (Phi) is 6.92. The molecule has 1 aliphatic rings. The van der Waals surface area contributed by atoms with Gasteiger partial charge in [-0.1, -0.05) is 37.3 Å². The molecule has 4 rings (SSSR count). The molecule has 1 saturated heterocycles. The zero-order chi connectivity index (χ0) is 24.3. The number of esters is 1. The maximum Gasteiger partial charge on any atom is 0.310 e. The Hall–Kier alpha value is -3.34. The van der Waals surface area contributed by atoms with E-state index in [2.05, 4.69) is 15.4 Å². The molecule has 3 aromatic rings. The smallest absolute Gasteiger partial charge is 0.310 e. The van der Waals surface area contributed by atoms with E-state index in [0.717, 1.165) is 5.56 Å². The van der Waals surface area contributed by atoms with E-state index in [-0.39, 0.29) is 18.9 Å². The fraction of sp³-hybridized carbons (Fsp3) is 0.417. The van der Waals surface area contributed by atoms with E-state index >= 15 is 0 Å². The SMILES string of the molecule is CCCC(=O)Nc1ncnn2c([C@]3(C)O[C@H](COC(=O)Cc4ccccc4)[C@@H](O)[C@H]3O)ccc12. The number of anilines is 1. The largest absolute Gasteiger partial charge is 0.463 e. The summed E-state index contributed by atoms with van der Waals surface area (Å²) in [4.78, 5) is 28.4. The van der Waals surface area contributed by atoms with E-state index in [1.807, 2.05) is 37.3 Å². The van der Waals surface area contributed by atoms with Crippen LogP contribution in [0.25, 0.3) is 5.52 Å². The number of nitrogens with zero attached hydrogens (tertiary/aromatic N) is 3. The number of fused-ring (bicyclic) bond motifs is 1. The van der Waals surface area contributed by atoms with Crippen molar-refractivity contribution in [1.82, 2.24) is 14.6 Å². The Bertz CT molecular complexity index is 1170. The van der Waals surface area contributed by atoms with Crippen molar-refractivity contribution in [3.63, 3.8) is 0 Å². The van der Waals surface area contributed by atoms with Crippen molar-refractivity contribution >= 4 is 23.2 Å². The lowest BCUT2D eigenvalue weighted by atomic mass is 9.93. The molecule has 1 fully saturated rings. The minimum absolute atomic E-state index is 0.0935. The van der Waals surface area contributed by atoms with Crippen LogP contribution in [-0.4, -0.2) is 61.6 Å². The molecular weight excluding hydrogens is 440 g/mol. The van der Waals surface area contributed by atoms with Crippen LogP contribution in [0.4, 0.5) is 5.82 Å². The first-order chi connectivity index (χ1) is 16.3. The van der Waals surface area contributed by atoms with Crippen molar-refractivity contribution < 1.29 is 29.3 Å². The summed E-state index contributed by atoms with van der Waals surface area (Å²) in [5, 5.41) is 28.5. The Morgan fingerprint density at radius 3 is 2.71 bits per heavy atom. The predicted molar refractivity (Wildman–Crippen MR) is 122 cm³/mol. The normalized spacial score (nSPS) is 24.3. The summed E-state index contributed by atoms with van der Waals surface area (Å²) in [6.45, 7) is 3.33. The number of nitrogens with one attached hydrogen (secondary N) is 1. The van der Waals surface area contributed by atoms with E-state index < -0.39 is 29.9 Å². The summed E-state index contributed by atoms with van der Waals surface area (Å²) in [5.41, 5.74) is 0.444. The molecule has 0 radical (unpaired) electrons. The number of aliphatic hydroxyl groups is 2. The summed E-state index contributed by atoms with van der Waals surface area (Å²) in [5.74, 6) is -0.289. The molecule has 0 aliphatic carbocycles. The molecule has 0 saturated carbocycles. The van der Waals surface area contributed by atoms with Gasteiger partial charge in [0.15, 0.2) is 5.82 Å². The van der Waals surface area contributed by atoms with Crippen LogP contribution in [0, 0.1) is 0 Å². The topological polar surface area (TPSA) is 135 Å². The minimum Gasteiger partial charge on any atom is -0.463 e. The maximum absolute atomic E-state index is 12.2. The molecule has 3 N–H and O–H groups in total. The van der Waals surface area contributed by atoms with E-state index in [9.17, 15) is 19.8 Å². The van der Waals surface area contributed by atoms with Crippen LogP contribution in [0.5, 0.6) is 0 Å². The van der Waals surface area contributed by atoms with Gasteiger partial charge in [0.05, 0.1) is 12.1 Å². The number of hydrogen-bond acceptors (Lipinski definition) is 8. The molecule has 1 amide bonds. The molecule has 1 aliphatic heterocycles. The average molecular weight is 469 g/mol. The Morgan fingerprint density at radius 2 is 1.97 bits per heavy atom. The van der Waals surface area contributed by atoms with Crippen molar-refractivity contribution in [2.75, 3.05) is 11.9 Å². The highest BCUT2D eigenvalue weighted by Crippen LogP contribution is 2.40. The van der Waals surface area contributed by atoms with E-state index in [0.29, 0.717) is 29.9 Å². The van der Waals surface area contributed by atoms with Crippen LogP contribution < -0.4 is 5.32 Å². The van der Waals surface area contributed by atoms with Crippen LogP contribution in [-0.2, 0) is 31.1 Å². The van der Waals surface area contributed by atoms with Crippen LogP contribution in [0.3, 0.4) is 0 Å². The molecule has 0 bridgehead atoms. The molecule has 10 nitrogen and oxygen atoms in total. The number of amides is 1. The monoisotopic (exact) mass is 468 g/mol. The van der Waals surface area contributed by atoms with Crippen LogP contribution >= 0.6 is 0 Å². The molecule has 1 aromatic carbocycles. The van der Waals surface area contributed by atoms with Gasteiger partial charge in [0, 0.05) is 6.42 Å². The van der Waals surface area contributed by atoms with Gasteiger partial charge in [-0.3, -0.25) is 9.59 Å². The summed E-state index contributed by atoms with van der Waals surface area (Å²) in [6, 6.07) is 12.6. The molecule has 0 spiro atoms. The lowest BCUT2D eigenvalue weighted by molar-refractivity contribution is -0.151. The van der Waals surface area contributed by atoms with Gasteiger partial charge in [0.25, 0.3) is 0 Å². The lowest BCUT2D eigenvalue weighted by Gasteiger charge is -2.27. The number of rotatable bonds is 8. The van der Waals surface area contributed by atoms with Crippen molar-refractivity contribution in [2.45, 2.75) is 57.0 Å². The van der Waals surface area contributed by atoms with Gasteiger partial charge in [-0.05, 0) is 31.0 Å². The fourth-order valence-electron chi connectivity index (χ4n) is 4.14. The number of carbonyl (C=O) groups excluding carboxylic acids is 2. The Morgan fingerprint density at radius 1 is 1.21 bits per heavy atom. The molecule has 180 valence electrons. The molecular formula is C24H28N4O6. The van der Waals surface area contributed by atoms with Crippen LogP contribution in [0.1, 0.15) is 37.9 Å². The van der Waals surface area contributed by atoms with Crippen molar-refractivity contribution in [3.8, 4) is 0 Å². The van der Waals surface area contributed by atoms with E-state index in [1.54, 1.807) is 19.1 Å². The predicted octanol–water partition coefficient (Wildman–Crippen LogP) is 1.59. The van der Waals surface area contributed by atoms with Crippen molar-refractivity contribution in [2.24, 2.45) is 0 Å². The van der Waals surface area contributed by atoms with Gasteiger partial charge in [-0.15, -0.1) is 0 Å². The summed E-state index contributed by atoms with van der Waals surface area (Å²) in [7, 11) is 0. The Labute approximate surface area is 196 Å². The first kappa shape index (κ1) is 23.8. The van der Waals surface area contributed by atoms with Gasteiger partial charge in [-0.25, -0.2) is 9.50 Å². The number of carbonyl (C=O) groups is 2. The fourth-order valence-corrected chi connectivity index (χ4v) is 4.14. The van der Waals surface area contributed by atoms with Gasteiger partial charge in [0.1, 0.15) is 42.4 Å². The second-order valence-corrected chi connectivity index (χ2v) is 8.47. The zero-order valence-corrected chi connectivity index (χ0v) is 19.0. The highest BCUT2D eigenvalue weighted by molar-refractivity contribution is 5.93. The third-order valence-electron chi connectivity index (χ3n) is 5.96. The number of hydrogen-bond donors (Lipinski definition) is 3. The minimum atomic E-state index is -1.35. The van der Waals surface area contributed by atoms with E-state index in [4.69, 9.17) is 9.47 Å². The van der Waals surface area contributed by atoms with E-state index in [1.165, 1.54) is 10.8 Å². The molecule has 3 heterocycles. The summed E-state index contributed by atoms with van der Waals surface area (Å²) in [6.07, 6.45) is -1.08. The third kappa shape index (κ3) is 4.65. The number of aliphatic hydroxyl groups excluding tert-OH is 2. The quantitative estimate of drug-likeness (QED) is 0.424. The van der Waals surface area contributed by atoms with Crippen molar-refractivity contribution in [3.05, 3.63) is 60.0 Å². The number of ether oxygens (including phenoxy) is 2. The second-order valence-electron chi connectivity index (χ2n) is 8.47. The van der Waals surface area contributed by atoms with Gasteiger partial charge < -0.3 is 25.0 Å². The van der Waals surface area contributed by atoms with Gasteiger partial charge in [-0.2, -0.15) is 5.10 Å². The van der Waals surface area contributed by atoms with Gasteiger partial charge >= 0.3 is 5.97 Å². The second kappa shape index (κ2) is 9.88. The van der Waals surface area contributed by atoms with Gasteiger partial charge in [0.2, 0.25) is 5.91 Å². The highest BCUT2D eigenvalue weighted by atomic mass is 16.6. The number of aromatic nitrogens is 3. The molecule has 4 atom stereocenters. The lowest BCUT2D eigenvalue weighted by Crippen LogP contribution is -2.39. The zero-order valence-electron chi connectivity index (χ0n) is 19.0. The molecule has 34 heavy (non-hydrogen) atoms. The summed E-state index contributed by atoms with van der Waals surface area (Å²) < 4.78 is 12.9. The first-order valence-corrected chi connectivity index (χ1v) is 11.2. The summed E-state index contributed by atoms with van der Waals surface area (Å²) >= 11 is 0. The maximum atomic E-state index is 12.2. The Balaban J connectivity index is 1.49. The molecule has 2 aromatic heterocycles.